The van der Waals surface area contributed by atoms with E-state index in [9.17, 15) is 9.59 Å². The summed E-state index contributed by atoms with van der Waals surface area (Å²) in [4.78, 5) is 28.2. The summed E-state index contributed by atoms with van der Waals surface area (Å²) in [6.07, 6.45) is 2.49. The SMILES string of the molecule is CC(C)(C)OC(=O)N1CC(OC2CCN(C(=O)CC3CSCCS3)CC2)C1. The average molecular weight is 417 g/mol. The normalized spacial score (nSPS) is 25.2. The minimum atomic E-state index is -0.461. The van der Waals surface area contributed by atoms with Crippen LogP contribution in [0.1, 0.15) is 40.0 Å². The number of hydrogen-bond donors (Lipinski definition) is 0. The van der Waals surface area contributed by atoms with Gasteiger partial charge < -0.3 is 19.3 Å². The number of rotatable bonds is 4. The molecule has 3 rings (SSSR count). The zero-order chi connectivity index (χ0) is 19.4. The maximum Gasteiger partial charge on any atom is 0.410 e. The Bertz CT molecular complexity index is 520. The second-order valence-corrected chi connectivity index (χ2v) is 11.1. The van der Waals surface area contributed by atoms with Crippen LogP contribution in [0.4, 0.5) is 4.79 Å². The highest BCUT2D eigenvalue weighted by atomic mass is 32.2. The van der Waals surface area contributed by atoms with Gasteiger partial charge in [-0.15, -0.1) is 0 Å². The minimum Gasteiger partial charge on any atom is -0.444 e. The molecule has 8 heteroatoms. The van der Waals surface area contributed by atoms with E-state index in [0.717, 1.165) is 31.7 Å². The maximum atomic E-state index is 12.5. The molecule has 3 fully saturated rings. The number of amides is 2. The molecule has 0 spiro atoms. The van der Waals surface area contributed by atoms with Crippen LogP contribution in [0.15, 0.2) is 0 Å². The van der Waals surface area contributed by atoms with Crippen molar-refractivity contribution >= 4 is 35.5 Å². The molecular formula is C19H32N2O4S2. The molecule has 0 aromatic carbocycles. The second-order valence-electron chi connectivity index (χ2n) is 8.50. The molecule has 0 radical (unpaired) electrons. The fourth-order valence-electron chi connectivity index (χ4n) is 3.49. The van der Waals surface area contributed by atoms with Crippen LogP contribution >= 0.6 is 23.5 Å². The molecule has 154 valence electrons. The molecule has 0 saturated carbocycles. The Morgan fingerprint density at radius 2 is 1.74 bits per heavy atom. The molecule has 0 aliphatic carbocycles. The lowest BCUT2D eigenvalue weighted by Gasteiger charge is -2.42. The van der Waals surface area contributed by atoms with Crippen LogP contribution in [-0.4, -0.2) is 88.3 Å². The fourth-order valence-corrected chi connectivity index (χ4v) is 6.16. The standard InChI is InChI=1S/C19H32N2O4S2/c1-19(2,3)25-18(23)21-11-15(12-21)24-14-4-6-20(7-5-14)17(22)10-16-13-26-8-9-27-16/h14-16H,4-13H2,1-3H3. The molecule has 0 aromatic heterocycles. The first-order chi connectivity index (χ1) is 12.8. The van der Waals surface area contributed by atoms with Crippen LogP contribution in [0.2, 0.25) is 0 Å². The van der Waals surface area contributed by atoms with Crippen LogP contribution < -0.4 is 0 Å². The third-order valence-corrected chi connectivity index (χ3v) is 7.81. The first kappa shape index (κ1) is 21.1. The van der Waals surface area contributed by atoms with Gasteiger partial charge in [-0.1, -0.05) is 0 Å². The fraction of sp³-hybridized carbons (Fsp3) is 0.895. The molecule has 6 nitrogen and oxygen atoms in total. The summed E-state index contributed by atoms with van der Waals surface area (Å²) >= 11 is 3.91. The second kappa shape index (κ2) is 9.27. The number of carbonyl (C=O) groups excluding carboxylic acids is 2. The molecule has 2 amide bonds. The topological polar surface area (TPSA) is 59.1 Å². The van der Waals surface area contributed by atoms with Crippen molar-refractivity contribution in [2.45, 2.75) is 63.1 Å². The first-order valence-electron chi connectivity index (χ1n) is 9.90. The molecule has 3 saturated heterocycles. The largest absolute Gasteiger partial charge is 0.444 e. The molecule has 3 heterocycles. The Hall–Kier alpha value is -0.600. The maximum absolute atomic E-state index is 12.5. The molecule has 0 aromatic rings. The smallest absolute Gasteiger partial charge is 0.410 e. The van der Waals surface area contributed by atoms with Crippen LogP contribution in [0.3, 0.4) is 0 Å². The van der Waals surface area contributed by atoms with Crippen molar-refractivity contribution in [1.82, 2.24) is 9.80 Å². The number of ether oxygens (including phenoxy) is 2. The summed E-state index contributed by atoms with van der Waals surface area (Å²) in [5, 5.41) is 0.485. The van der Waals surface area contributed by atoms with Gasteiger partial charge in [-0.3, -0.25) is 4.79 Å². The van der Waals surface area contributed by atoms with Crippen molar-refractivity contribution in [2.75, 3.05) is 43.4 Å². The monoisotopic (exact) mass is 416 g/mol. The highest BCUT2D eigenvalue weighted by Gasteiger charge is 2.36. The highest BCUT2D eigenvalue weighted by molar-refractivity contribution is 8.06. The summed E-state index contributed by atoms with van der Waals surface area (Å²) in [6, 6.07) is 0. The zero-order valence-corrected chi connectivity index (χ0v) is 18.3. The van der Waals surface area contributed by atoms with E-state index in [1.807, 2.05) is 49.2 Å². The van der Waals surface area contributed by atoms with Gasteiger partial charge in [-0.05, 0) is 33.6 Å². The van der Waals surface area contributed by atoms with Gasteiger partial charge in [0.05, 0.1) is 25.3 Å². The lowest BCUT2D eigenvalue weighted by atomic mass is 10.1. The van der Waals surface area contributed by atoms with Crippen molar-refractivity contribution in [1.29, 1.82) is 0 Å². The number of piperidine rings is 1. The van der Waals surface area contributed by atoms with Gasteiger partial charge in [-0.25, -0.2) is 4.79 Å². The van der Waals surface area contributed by atoms with E-state index in [-0.39, 0.29) is 18.3 Å². The molecule has 1 unspecified atom stereocenters. The predicted octanol–water partition coefficient (Wildman–Crippen LogP) is 2.85. The van der Waals surface area contributed by atoms with E-state index in [4.69, 9.17) is 9.47 Å². The number of thioether (sulfide) groups is 2. The molecule has 3 aliphatic rings. The Morgan fingerprint density at radius 3 is 2.33 bits per heavy atom. The molecule has 1 atom stereocenters. The number of hydrogen-bond acceptors (Lipinski definition) is 6. The van der Waals surface area contributed by atoms with Crippen LogP contribution in [0.25, 0.3) is 0 Å². The van der Waals surface area contributed by atoms with Gasteiger partial charge in [0.1, 0.15) is 5.60 Å². The molecule has 0 N–H and O–H groups in total. The van der Waals surface area contributed by atoms with Gasteiger partial charge in [0.2, 0.25) is 5.91 Å². The van der Waals surface area contributed by atoms with Crippen molar-refractivity contribution in [3.63, 3.8) is 0 Å². The average Bonchev–Trinajstić information content (AvgIpc) is 2.57. The van der Waals surface area contributed by atoms with Crippen LogP contribution in [-0.2, 0) is 14.3 Å². The molecule has 27 heavy (non-hydrogen) atoms. The Morgan fingerprint density at radius 1 is 1.04 bits per heavy atom. The molecule has 3 aliphatic heterocycles. The van der Waals surface area contributed by atoms with Gasteiger partial charge in [0.15, 0.2) is 0 Å². The number of carbonyl (C=O) groups is 2. The summed E-state index contributed by atoms with van der Waals surface area (Å²) < 4.78 is 11.5. The minimum absolute atomic E-state index is 0.0976. The Kier molecular flexibility index (Phi) is 7.25. The van der Waals surface area contributed by atoms with Gasteiger partial charge >= 0.3 is 6.09 Å². The lowest BCUT2D eigenvalue weighted by Crippen LogP contribution is -2.57. The van der Waals surface area contributed by atoms with E-state index >= 15 is 0 Å². The lowest BCUT2D eigenvalue weighted by molar-refractivity contribution is -0.137. The Balaban J connectivity index is 1.31. The van der Waals surface area contributed by atoms with E-state index < -0.39 is 5.60 Å². The third-order valence-electron chi connectivity index (χ3n) is 4.97. The van der Waals surface area contributed by atoms with E-state index in [0.29, 0.717) is 30.7 Å². The zero-order valence-electron chi connectivity index (χ0n) is 16.6. The van der Waals surface area contributed by atoms with Gasteiger partial charge in [0, 0.05) is 42.0 Å². The van der Waals surface area contributed by atoms with Gasteiger partial charge in [0.25, 0.3) is 0 Å². The summed E-state index contributed by atoms with van der Waals surface area (Å²) in [5.41, 5.74) is -0.461. The third kappa shape index (κ3) is 6.46. The number of likely N-dealkylation sites (tertiary alicyclic amines) is 2. The Labute approximate surface area is 171 Å². The van der Waals surface area contributed by atoms with E-state index in [2.05, 4.69) is 0 Å². The van der Waals surface area contributed by atoms with Crippen molar-refractivity contribution < 1.29 is 19.1 Å². The quantitative estimate of drug-likeness (QED) is 0.702. The predicted molar refractivity (Wildman–Crippen MR) is 110 cm³/mol. The van der Waals surface area contributed by atoms with Crippen molar-refractivity contribution in [2.24, 2.45) is 0 Å². The van der Waals surface area contributed by atoms with Crippen molar-refractivity contribution in [3.8, 4) is 0 Å². The molecule has 0 bridgehead atoms. The van der Waals surface area contributed by atoms with Crippen molar-refractivity contribution in [3.05, 3.63) is 0 Å². The first-order valence-corrected chi connectivity index (χ1v) is 12.1. The summed E-state index contributed by atoms with van der Waals surface area (Å²) in [7, 11) is 0. The van der Waals surface area contributed by atoms with E-state index in [1.54, 1.807) is 4.90 Å². The number of nitrogens with zero attached hydrogens (tertiary/aromatic N) is 2. The highest BCUT2D eigenvalue weighted by Crippen LogP contribution is 2.28. The van der Waals surface area contributed by atoms with Crippen LogP contribution in [0, 0.1) is 0 Å². The molecular weight excluding hydrogens is 384 g/mol. The van der Waals surface area contributed by atoms with Gasteiger partial charge in [-0.2, -0.15) is 23.5 Å². The summed E-state index contributed by atoms with van der Waals surface area (Å²) in [5.74, 6) is 3.78. The van der Waals surface area contributed by atoms with Crippen LogP contribution in [0.5, 0.6) is 0 Å². The van der Waals surface area contributed by atoms with E-state index in [1.165, 1.54) is 11.5 Å². The summed E-state index contributed by atoms with van der Waals surface area (Å²) in [6.45, 7) is 8.40.